The minimum absolute atomic E-state index is 0.310. The lowest BCUT2D eigenvalue weighted by atomic mass is 10.1. The fraction of sp³-hybridized carbons (Fsp3) is 0.889. The van der Waals surface area contributed by atoms with Crippen molar-refractivity contribution >= 4 is 28.6 Å². The molecule has 0 aliphatic carbocycles. The minimum Gasteiger partial charge on any atom is -0.481 e. The van der Waals surface area contributed by atoms with Crippen LogP contribution in [0.1, 0.15) is 25.7 Å². The van der Waals surface area contributed by atoms with E-state index >= 15 is 0 Å². The lowest BCUT2D eigenvalue weighted by Crippen LogP contribution is -2.34. The Morgan fingerprint density at radius 3 is 2.62 bits per heavy atom. The normalized spacial score (nSPS) is 20.4. The molecular weight excluding hydrogens is 281 g/mol. The number of carbonyl (C=O) groups is 1. The second kappa shape index (κ2) is 5.80. The molecule has 0 saturated carbocycles. The number of rotatable bonds is 4. The molecule has 4 heteroatoms. The van der Waals surface area contributed by atoms with Gasteiger partial charge in [-0.3, -0.25) is 4.79 Å². The summed E-state index contributed by atoms with van der Waals surface area (Å²) in [7, 11) is 0. The number of halogens is 1. The minimum atomic E-state index is -0.677. The van der Waals surface area contributed by atoms with Crippen molar-refractivity contribution in [3.8, 4) is 0 Å². The number of aliphatic carboxylic acids is 1. The van der Waals surface area contributed by atoms with Gasteiger partial charge in [-0.05, 0) is 38.9 Å². The lowest BCUT2D eigenvalue weighted by Gasteiger charge is -2.29. The van der Waals surface area contributed by atoms with Gasteiger partial charge in [0.1, 0.15) is 0 Å². The summed E-state index contributed by atoms with van der Waals surface area (Å²) >= 11 is 2.49. The Bertz CT molecular complexity index is 167. The molecule has 76 valence electrons. The van der Waals surface area contributed by atoms with Crippen LogP contribution in [0, 0.1) is 0 Å². The van der Waals surface area contributed by atoms with E-state index in [1.807, 2.05) is 0 Å². The molecule has 0 radical (unpaired) electrons. The van der Waals surface area contributed by atoms with E-state index in [2.05, 4.69) is 27.5 Å². The van der Waals surface area contributed by atoms with E-state index in [1.165, 1.54) is 12.8 Å². The Balaban J connectivity index is 2.05. The molecule has 0 aromatic carbocycles. The quantitative estimate of drug-likeness (QED) is 0.635. The molecule has 0 unspecified atom stereocenters. The van der Waals surface area contributed by atoms with Gasteiger partial charge in [0.2, 0.25) is 0 Å². The van der Waals surface area contributed by atoms with Gasteiger partial charge in [-0.1, -0.05) is 22.6 Å². The first-order valence-electron chi connectivity index (χ1n) is 4.76. The van der Waals surface area contributed by atoms with E-state index in [4.69, 9.17) is 5.11 Å². The Hall–Kier alpha value is 0.160. The van der Waals surface area contributed by atoms with E-state index in [1.54, 1.807) is 0 Å². The van der Waals surface area contributed by atoms with Crippen molar-refractivity contribution in [3.05, 3.63) is 0 Å². The largest absolute Gasteiger partial charge is 0.481 e. The Labute approximate surface area is 92.6 Å². The van der Waals surface area contributed by atoms with Gasteiger partial charge >= 0.3 is 5.97 Å². The summed E-state index contributed by atoms with van der Waals surface area (Å²) in [5, 5.41) is 8.47. The van der Waals surface area contributed by atoms with E-state index in [-0.39, 0.29) is 0 Å². The number of carboxylic acid groups (broad SMARTS) is 1. The van der Waals surface area contributed by atoms with E-state index < -0.39 is 5.97 Å². The van der Waals surface area contributed by atoms with Crippen LogP contribution in [0.4, 0.5) is 0 Å². The fourth-order valence-corrected chi connectivity index (χ4v) is 2.14. The zero-order valence-corrected chi connectivity index (χ0v) is 9.87. The third-order valence-corrected chi connectivity index (χ3v) is 3.63. The maximum absolute atomic E-state index is 10.3. The van der Waals surface area contributed by atoms with Gasteiger partial charge in [-0.25, -0.2) is 0 Å². The van der Waals surface area contributed by atoms with Crippen molar-refractivity contribution in [2.45, 2.75) is 29.6 Å². The van der Waals surface area contributed by atoms with Crippen LogP contribution in [0.3, 0.4) is 0 Å². The van der Waals surface area contributed by atoms with Crippen molar-refractivity contribution in [3.63, 3.8) is 0 Å². The van der Waals surface area contributed by atoms with Gasteiger partial charge in [0, 0.05) is 10.3 Å². The summed E-state index contributed by atoms with van der Waals surface area (Å²) in [5.41, 5.74) is 0. The molecule has 1 saturated heterocycles. The van der Waals surface area contributed by atoms with Gasteiger partial charge in [-0.2, -0.15) is 0 Å². The number of piperidine rings is 1. The molecule has 1 N–H and O–H groups in total. The maximum atomic E-state index is 10.3. The van der Waals surface area contributed by atoms with Crippen molar-refractivity contribution in [1.29, 1.82) is 0 Å². The van der Waals surface area contributed by atoms with Crippen LogP contribution in [0.25, 0.3) is 0 Å². The Morgan fingerprint density at radius 2 is 2.08 bits per heavy atom. The van der Waals surface area contributed by atoms with Crippen LogP contribution in [-0.2, 0) is 4.79 Å². The predicted octanol–water partition coefficient (Wildman–Crippen LogP) is 1.75. The maximum Gasteiger partial charge on any atom is 0.303 e. The highest BCUT2D eigenvalue weighted by atomic mass is 127. The van der Waals surface area contributed by atoms with Gasteiger partial charge in [0.05, 0.1) is 0 Å². The number of alkyl halides is 1. The molecule has 0 aromatic rings. The number of hydrogen-bond acceptors (Lipinski definition) is 2. The third-order valence-electron chi connectivity index (χ3n) is 2.38. The molecule has 0 atom stereocenters. The van der Waals surface area contributed by atoms with Crippen LogP contribution in [0.2, 0.25) is 0 Å². The monoisotopic (exact) mass is 297 g/mol. The molecule has 1 aliphatic heterocycles. The number of hydrogen-bond donors (Lipinski definition) is 1. The highest BCUT2D eigenvalue weighted by Crippen LogP contribution is 2.17. The van der Waals surface area contributed by atoms with E-state index in [0.29, 0.717) is 6.42 Å². The summed E-state index contributed by atoms with van der Waals surface area (Å²) in [4.78, 5) is 12.6. The molecule has 1 heterocycles. The van der Waals surface area contributed by atoms with Crippen molar-refractivity contribution < 1.29 is 9.90 Å². The van der Waals surface area contributed by atoms with Crippen LogP contribution in [0.15, 0.2) is 0 Å². The topological polar surface area (TPSA) is 40.5 Å². The van der Waals surface area contributed by atoms with Gasteiger partial charge in [0.15, 0.2) is 0 Å². The molecule has 0 spiro atoms. The van der Waals surface area contributed by atoms with Crippen LogP contribution in [0.5, 0.6) is 0 Å². The molecule has 0 amide bonds. The summed E-state index contributed by atoms with van der Waals surface area (Å²) < 4.78 is 0.827. The number of carboxylic acids is 1. The number of likely N-dealkylation sites (tertiary alicyclic amines) is 1. The second-order valence-electron chi connectivity index (χ2n) is 3.51. The van der Waals surface area contributed by atoms with Crippen molar-refractivity contribution in [2.24, 2.45) is 0 Å². The van der Waals surface area contributed by atoms with Gasteiger partial charge in [0.25, 0.3) is 0 Å². The highest BCUT2D eigenvalue weighted by molar-refractivity contribution is 14.1. The zero-order chi connectivity index (χ0) is 9.68. The first-order chi connectivity index (χ1) is 6.18. The fourth-order valence-electron chi connectivity index (χ4n) is 1.58. The van der Waals surface area contributed by atoms with Crippen LogP contribution >= 0.6 is 22.6 Å². The average molecular weight is 297 g/mol. The molecule has 1 aliphatic rings. The van der Waals surface area contributed by atoms with Gasteiger partial charge in [-0.15, -0.1) is 0 Å². The lowest BCUT2D eigenvalue weighted by molar-refractivity contribution is -0.137. The summed E-state index contributed by atoms with van der Waals surface area (Å²) in [6, 6.07) is 0. The van der Waals surface area contributed by atoms with Crippen molar-refractivity contribution in [2.75, 3.05) is 19.6 Å². The summed E-state index contributed by atoms with van der Waals surface area (Å²) in [6.45, 7) is 3.25. The standard InChI is InChI=1S/C9H16INO2/c10-8-3-6-11(7-4-8)5-1-2-9(12)13/h8H,1-7H2,(H,12,13). The highest BCUT2D eigenvalue weighted by Gasteiger charge is 2.15. The smallest absolute Gasteiger partial charge is 0.303 e. The summed E-state index contributed by atoms with van der Waals surface area (Å²) in [6.07, 6.45) is 3.62. The predicted molar refractivity (Wildman–Crippen MR) is 60.4 cm³/mol. The molecule has 3 nitrogen and oxygen atoms in total. The van der Waals surface area contributed by atoms with Crippen molar-refractivity contribution in [1.82, 2.24) is 4.90 Å². The zero-order valence-electron chi connectivity index (χ0n) is 7.71. The Morgan fingerprint density at radius 1 is 1.46 bits per heavy atom. The second-order valence-corrected chi connectivity index (χ2v) is 5.28. The first-order valence-corrected chi connectivity index (χ1v) is 6.01. The SMILES string of the molecule is O=C(O)CCCN1CCC(I)CC1. The molecule has 13 heavy (non-hydrogen) atoms. The molecule has 1 fully saturated rings. The number of nitrogens with zero attached hydrogens (tertiary/aromatic N) is 1. The average Bonchev–Trinajstić information content (AvgIpc) is 2.08. The van der Waals surface area contributed by atoms with Gasteiger partial charge < -0.3 is 10.0 Å². The van der Waals surface area contributed by atoms with Crippen LogP contribution < -0.4 is 0 Å². The van der Waals surface area contributed by atoms with E-state index in [0.717, 1.165) is 30.0 Å². The first kappa shape index (κ1) is 11.2. The molecule has 1 rings (SSSR count). The molecule has 0 bridgehead atoms. The Kier molecular flexibility index (Phi) is 5.01. The van der Waals surface area contributed by atoms with E-state index in [9.17, 15) is 4.79 Å². The molecular formula is C9H16INO2. The summed E-state index contributed by atoms with van der Waals surface area (Å²) in [5.74, 6) is -0.677. The third kappa shape index (κ3) is 4.81. The molecule has 0 aromatic heterocycles. The van der Waals surface area contributed by atoms with Crippen LogP contribution in [-0.4, -0.2) is 39.5 Å².